The fourth-order valence-electron chi connectivity index (χ4n) is 1.94. The van der Waals surface area contributed by atoms with Crippen LogP contribution in [-0.2, 0) is 16.4 Å². The summed E-state index contributed by atoms with van der Waals surface area (Å²) in [6.45, 7) is 3.86. The second-order valence-corrected chi connectivity index (χ2v) is 8.47. The molecule has 0 spiro atoms. The molecule has 0 aliphatic heterocycles. The average molecular weight is 359 g/mol. The second kappa shape index (κ2) is 7.44. The Labute approximate surface area is 140 Å². The highest BCUT2D eigenvalue weighted by molar-refractivity contribution is 7.92. The smallest absolute Gasteiger partial charge is 0.234 e. The van der Waals surface area contributed by atoms with Crippen molar-refractivity contribution in [2.45, 2.75) is 33.1 Å². The van der Waals surface area contributed by atoms with Gasteiger partial charge in [0.05, 0.1) is 11.4 Å². The molecule has 4 nitrogen and oxygen atoms in total. The van der Waals surface area contributed by atoms with E-state index >= 15 is 0 Å². The summed E-state index contributed by atoms with van der Waals surface area (Å²) >= 11 is 7.26. The summed E-state index contributed by atoms with van der Waals surface area (Å²) in [7, 11) is -3.30. The topological polar surface area (TPSA) is 59.1 Å². The Hall–Kier alpha value is -1.11. The van der Waals surface area contributed by atoms with Crippen molar-refractivity contribution in [2.75, 3.05) is 10.5 Å². The predicted octanol–water partition coefficient (Wildman–Crippen LogP) is 4.24. The third-order valence-corrected chi connectivity index (χ3v) is 5.96. The van der Waals surface area contributed by atoms with Gasteiger partial charge in [0.25, 0.3) is 0 Å². The lowest BCUT2D eigenvalue weighted by Crippen LogP contribution is -2.16. The molecule has 120 valence electrons. The Bertz CT molecular complexity index is 725. The van der Waals surface area contributed by atoms with Gasteiger partial charge in [0.15, 0.2) is 5.13 Å². The molecule has 1 aromatic carbocycles. The van der Waals surface area contributed by atoms with Crippen LogP contribution in [0.4, 0.5) is 5.13 Å². The number of hydrogen-bond acceptors (Lipinski definition) is 4. The van der Waals surface area contributed by atoms with E-state index < -0.39 is 10.0 Å². The first-order valence-electron chi connectivity index (χ1n) is 7.11. The van der Waals surface area contributed by atoms with Gasteiger partial charge >= 0.3 is 0 Å². The highest BCUT2D eigenvalue weighted by Gasteiger charge is 2.14. The van der Waals surface area contributed by atoms with E-state index in [0.717, 1.165) is 29.0 Å². The molecule has 0 amide bonds. The molecule has 0 unspecified atom stereocenters. The zero-order chi connectivity index (χ0) is 16.2. The number of rotatable bonds is 7. The van der Waals surface area contributed by atoms with Crippen LogP contribution < -0.4 is 4.72 Å². The van der Waals surface area contributed by atoms with Crippen molar-refractivity contribution in [2.24, 2.45) is 0 Å². The lowest BCUT2D eigenvalue weighted by molar-refractivity contribution is 0.598. The van der Waals surface area contributed by atoms with Crippen molar-refractivity contribution in [1.29, 1.82) is 0 Å². The fraction of sp³-hybridized carbons (Fsp3) is 0.400. The number of nitrogens with zero attached hydrogens (tertiary/aromatic N) is 1. The summed E-state index contributed by atoms with van der Waals surface area (Å²) in [5.74, 6) is 0.134. The Kier molecular flexibility index (Phi) is 5.83. The van der Waals surface area contributed by atoms with Crippen LogP contribution in [0.5, 0.6) is 0 Å². The molecule has 0 atom stereocenters. The molecule has 0 radical (unpaired) electrons. The van der Waals surface area contributed by atoms with Gasteiger partial charge in [0.2, 0.25) is 10.0 Å². The zero-order valence-electron chi connectivity index (χ0n) is 12.6. The lowest BCUT2D eigenvalue weighted by Gasteiger charge is -2.03. The van der Waals surface area contributed by atoms with E-state index in [4.69, 9.17) is 11.6 Å². The summed E-state index contributed by atoms with van der Waals surface area (Å²) in [5.41, 5.74) is 1.98. The van der Waals surface area contributed by atoms with E-state index in [2.05, 4.69) is 9.71 Å². The number of unbranched alkanes of at least 4 members (excludes halogenated alkanes) is 1. The van der Waals surface area contributed by atoms with E-state index in [1.807, 2.05) is 38.1 Å². The van der Waals surface area contributed by atoms with Crippen molar-refractivity contribution >= 4 is 38.1 Å². The summed E-state index contributed by atoms with van der Waals surface area (Å²) in [6, 6.07) is 7.63. The molecule has 0 saturated heterocycles. The number of nitrogens with one attached hydrogen (secondary N) is 1. The van der Waals surface area contributed by atoms with Crippen LogP contribution in [0, 0.1) is 6.92 Å². The van der Waals surface area contributed by atoms with Crippen molar-refractivity contribution in [3.63, 3.8) is 0 Å². The molecule has 1 heterocycles. The molecule has 0 bridgehead atoms. The van der Waals surface area contributed by atoms with Gasteiger partial charge in [0.1, 0.15) is 0 Å². The standard InChI is InChI=1S/C15H19ClN2O2S2/c1-3-4-9-22(19,20)18-15-17-11(2)14(21-15)10-12-5-7-13(16)8-6-12/h5-8H,3-4,9-10H2,1-2H3,(H,17,18). The normalized spacial score (nSPS) is 11.6. The predicted molar refractivity (Wildman–Crippen MR) is 93.4 cm³/mol. The minimum Gasteiger partial charge on any atom is -0.259 e. The Morgan fingerprint density at radius 2 is 1.95 bits per heavy atom. The second-order valence-electron chi connectivity index (χ2n) is 5.11. The number of aromatic nitrogens is 1. The fourth-order valence-corrected chi connectivity index (χ4v) is 4.55. The lowest BCUT2D eigenvalue weighted by atomic mass is 10.1. The monoisotopic (exact) mass is 358 g/mol. The first kappa shape index (κ1) is 17.2. The maximum Gasteiger partial charge on any atom is 0.234 e. The number of anilines is 1. The molecule has 1 aromatic heterocycles. The van der Waals surface area contributed by atoms with Crippen LogP contribution >= 0.6 is 22.9 Å². The first-order chi connectivity index (χ1) is 10.4. The molecule has 0 saturated carbocycles. The summed E-state index contributed by atoms with van der Waals surface area (Å²) < 4.78 is 26.4. The van der Waals surface area contributed by atoms with Crippen molar-refractivity contribution in [3.8, 4) is 0 Å². The Morgan fingerprint density at radius 1 is 1.27 bits per heavy atom. The summed E-state index contributed by atoms with van der Waals surface area (Å²) in [6.07, 6.45) is 2.22. The maximum atomic E-state index is 11.9. The molecule has 7 heteroatoms. The van der Waals surface area contributed by atoms with Gasteiger partial charge in [0, 0.05) is 16.3 Å². The SMILES string of the molecule is CCCCS(=O)(=O)Nc1nc(C)c(Cc2ccc(Cl)cc2)s1. The first-order valence-corrected chi connectivity index (χ1v) is 9.95. The minimum absolute atomic E-state index is 0.134. The van der Waals surface area contributed by atoms with Crippen molar-refractivity contribution in [3.05, 3.63) is 45.4 Å². The van der Waals surface area contributed by atoms with Gasteiger partial charge < -0.3 is 0 Å². The van der Waals surface area contributed by atoms with Gasteiger partial charge in [-0.15, -0.1) is 11.3 Å². The molecule has 0 aliphatic carbocycles. The largest absolute Gasteiger partial charge is 0.259 e. The van der Waals surface area contributed by atoms with Crippen molar-refractivity contribution < 1.29 is 8.42 Å². The number of thiazole rings is 1. The van der Waals surface area contributed by atoms with Gasteiger partial charge in [-0.2, -0.15) is 0 Å². The molecule has 22 heavy (non-hydrogen) atoms. The third-order valence-electron chi connectivity index (χ3n) is 3.18. The highest BCUT2D eigenvalue weighted by Crippen LogP contribution is 2.26. The Balaban J connectivity index is 2.09. The van der Waals surface area contributed by atoms with E-state index in [1.165, 1.54) is 11.3 Å². The third kappa shape index (κ3) is 4.97. The quantitative estimate of drug-likeness (QED) is 0.805. The van der Waals surface area contributed by atoms with Crippen LogP contribution in [0.15, 0.2) is 24.3 Å². The van der Waals surface area contributed by atoms with E-state index in [1.54, 1.807) is 0 Å². The number of halogens is 1. The maximum absolute atomic E-state index is 11.9. The van der Waals surface area contributed by atoms with E-state index in [9.17, 15) is 8.42 Å². The van der Waals surface area contributed by atoms with Gasteiger partial charge in [-0.1, -0.05) is 37.1 Å². The molecular weight excluding hydrogens is 340 g/mol. The zero-order valence-corrected chi connectivity index (χ0v) is 15.0. The number of benzene rings is 1. The van der Waals surface area contributed by atoms with E-state index in [-0.39, 0.29) is 5.75 Å². The van der Waals surface area contributed by atoms with Gasteiger partial charge in [-0.3, -0.25) is 4.72 Å². The number of aryl methyl sites for hydroxylation is 1. The molecular formula is C15H19ClN2O2S2. The molecule has 0 fully saturated rings. The molecule has 2 aromatic rings. The highest BCUT2D eigenvalue weighted by atomic mass is 35.5. The van der Waals surface area contributed by atoms with Crippen LogP contribution in [0.2, 0.25) is 5.02 Å². The Morgan fingerprint density at radius 3 is 2.59 bits per heavy atom. The van der Waals surface area contributed by atoms with Gasteiger partial charge in [-0.25, -0.2) is 13.4 Å². The van der Waals surface area contributed by atoms with Crippen LogP contribution in [0.1, 0.15) is 35.9 Å². The van der Waals surface area contributed by atoms with E-state index in [0.29, 0.717) is 16.6 Å². The summed E-state index contributed by atoms with van der Waals surface area (Å²) in [5, 5.41) is 1.15. The summed E-state index contributed by atoms with van der Waals surface area (Å²) in [4.78, 5) is 5.37. The van der Waals surface area contributed by atoms with Crippen molar-refractivity contribution in [1.82, 2.24) is 4.98 Å². The van der Waals surface area contributed by atoms with Crippen LogP contribution in [0.3, 0.4) is 0 Å². The number of hydrogen-bond donors (Lipinski definition) is 1. The minimum atomic E-state index is -3.30. The molecule has 2 rings (SSSR count). The van der Waals surface area contributed by atoms with Crippen LogP contribution in [0.25, 0.3) is 0 Å². The molecule has 1 N–H and O–H groups in total. The average Bonchev–Trinajstić information content (AvgIpc) is 2.78. The van der Waals surface area contributed by atoms with Gasteiger partial charge in [-0.05, 0) is 31.0 Å². The molecule has 0 aliphatic rings. The van der Waals surface area contributed by atoms with Crippen LogP contribution in [-0.4, -0.2) is 19.2 Å². The number of sulfonamides is 1.